The third-order valence-corrected chi connectivity index (χ3v) is 8.00. The lowest BCUT2D eigenvalue weighted by Gasteiger charge is -2.24. The van der Waals surface area contributed by atoms with E-state index in [1.165, 1.54) is 40.8 Å². The van der Waals surface area contributed by atoms with Crippen molar-refractivity contribution in [2.75, 3.05) is 24.3 Å². The second kappa shape index (κ2) is 13.7. The number of amidine groups is 1. The topological polar surface area (TPSA) is 97.0 Å². The number of rotatable bonds is 10. The second-order valence-electron chi connectivity index (χ2n) is 10.5. The van der Waals surface area contributed by atoms with Crippen molar-refractivity contribution in [1.82, 2.24) is 20.1 Å². The summed E-state index contributed by atoms with van der Waals surface area (Å²) >= 11 is 1.59. The number of hydrogen-bond donors (Lipinski definition) is 2. The molecular formula is C32H33F3N6O3S. The molecule has 45 heavy (non-hydrogen) atoms. The molecule has 1 unspecified atom stereocenters. The van der Waals surface area contributed by atoms with Crippen LogP contribution in [0, 0.1) is 0 Å². The van der Waals surface area contributed by atoms with E-state index in [0.717, 1.165) is 45.6 Å². The number of ether oxygens (including phenoxy) is 2. The van der Waals surface area contributed by atoms with Crippen molar-refractivity contribution in [3.8, 4) is 28.6 Å². The molecule has 4 aromatic rings. The predicted octanol–water partition coefficient (Wildman–Crippen LogP) is 6.80. The molecule has 1 aliphatic heterocycles. The number of aliphatic hydroxyl groups excluding tert-OH is 1. The van der Waals surface area contributed by atoms with Gasteiger partial charge in [0.25, 0.3) is 0 Å². The van der Waals surface area contributed by atoms with Gasteiger partial charge in [0.2, 0.25) is 6.35 Å². The molecule has 9 nitrogen and oxygen atoms in total. The van der Waals surface area contributed by atoms with Gasteiger partial charge in [-0.3, -0.25) is 0 Å². The Bertz CT molecular complexity index is 1670. The first kappa shape index (κ1) is 31.9. The molecule has 2 N–H and O–H groups in total. The van der Waals surface area contributed by atoms with E-state index >= 15 is 0 Å². The molecule has 0 amide bonds. The number of aliphatic imine (C=N–C) groups is 1. The highest BCUT2D eigenvalue weighted by atomic mass is 32.2. The molecule has 0 bridgehead atoms. The fourth-order valence-electron chi connectivity index (χ4n) is 4.73. The molecule has 1 fully saturated rings. The largest absolute Gasteiger partial charge is 0.573 e. The van der Waals surface area contributed by atoms with Gasteiger partial charge in [-0.15, -0.1) is 18.3 Å². The number of halogens is 3. The van der Waals surface area contributed by atoms with E-state index < -0.39 is 12.7 Å². The molecule has 0 spiro atoms. The Morgan fingerprint density at radius 2 is 1.78 bits per heavy atom. The summed E-state index contributed by atoms with van der Waals surface area (Å²) in [6.07, 6.45) is -2.68. The first-order valence-corrected chi connectivity index (χ1v) is 15.1. The molecule has 0 radical (unpaired) electrons. The Balaban J connectivity index is 1.23. The zero-order valence-electron chi connectivity index (χ0n) is 25.1. The number of thioether (sulfide) groups is 1. The highest BCUT2D eigenvalue weighted by Crippen LogP contribution is 2.35. The second-order valence-corrected chi connectivity index (χ2v) is 11.6. The molecule has 1 aliphatic rings. The van der Waals surface area contributed by atoms with Crippen molar-refractivity contribution in [1.29, 1.82) is 0 Å². The Labute approximate surface area is 263 Å². The number of allylic oxidation sites excluding steroid dienone is 1. The van der Waals surface area contributed by atoms with Crippen molar-refractivity contribution >= 4 is 28.2 Å². The van der Waals surface area contributed by atoms with E-state index in [0.29, 0.717) is 17.4 Å². The van der Waals surface area contributed by atoms with E-state index in [4.69, 9.17) is 4.74 Å². The smallest absolute Gasteiger partial charge is 0.497 e. The summed E-state index contributed by atoms with van der Waals surface area (Å²) in [6.45, 7) is 6.99. The third-order valence-electron chi connectivity index (χ3n) is 7.03. The molecule has 0 saturated carbocycles. The number of benzene rings is 3. The van der Waals surface area contributed by atoms with Gasteiger partial charge < -0.3 is 24.8 Å². The standard InChI is InChI=1S/C32H33F3N6O3S/c1-20(2)27-14-13-26(43-4)17-28(27)40-15-16-45-31(40)38-30(42)36-18-21(3)22-5-7-23(8-6-22)29-37-19-41(39-29)24-9-11-25(12-10-24)44-32(33,34)35/h5-14,17-20,30,36,42H,15-16H2,1-4H3/b21-18+,38-31?. The van der Waals surface area contributed by atoms with Crippen LogP contribution < -0.4 is 19.7 Å². The molecule has 1 saturated heterocycles. The van der Waals surface area contributed by atoms with Gasteiger partial charge in [-0.2, -0.15) is 0 Å². The zero-order chi connectivity index (χ0) is 32.1. The summed E-state index contributed by atoms with van der Waals surface area (Å²) in [7, 11) is 1.65. The zero-order valence-corrected chi connectivity index (χ0v) is 25.9. The van der Waals surface area contributed by atoms with Gasteiger partial charge in [0.15, 0.2) is 11.0 Å². The maximum atomic E-state index is 12.4. The molecule has 0 aliphatic carbocycles. The monoisotopic (exact) mass is 638 g/mol. The number of nitrogens with zero attached hydrogens (tertiary/aromatic N) is 5. The number of anilines is 1. The highest BCUT2D eigenvalue weighted by Gasteiger charge is 2.31. The van der Waals surface area contributed by atoms with Gasteiger partial charge >= 0.3 is 6.36 Å². The average Bonchev–Trinajstić information content (AvgIpc) is 3.69. The van der Waals surface area contributed by atoms with E-state index in [-0.39, 0.29) is 5.75 Å². The summed E-state index contributed by atoms with van der Waals surface area (Å²) in [5.74, 6) is 2.09. The SMILES string of the molecule is COc1ccc(C(C)C)c(N2CCSC2=NC(O)N/C=C(\C)c2ccc(-c3ncn(-c4ccc(OC(F)(F)F)cc4)n3)cc2)c1. The number of nitrogens with one attached hydrogen (secondary N) is 1. The van der Waals surface area contributed by atoms with Crippen molar-refractivity contribution < 1.29 is 27.8 Å². The molecule has 2 heterocycles. The summed E-state index contributed by atoms with van der Waals surface area (Å²) in [4.78, 5) is 11.0. The minimum absolute atomic E-state index is 0.312. The molecule has 1 aromatic heterocycles. The minimum Gasteiger partial charge on any atom is -0.497 e. The molecule has 13 heteroatoms. The molecule has 1 atom stereocenters. The van der Waals surface area contributed by atoms with E-state index in [9.17, 15) is 18.3 Å². The maximum absolute atomic E-state index is 12.4. The normalized spacial score (nSPS) is 15.5. The summed E-state index contributed by atoms with van der Waals surface area (Å²) < 4.78 is 48.1. The van der Waals surface area contributed by atoms with E-state index in [1.807, 2.05) is 43.3 Å². The van der Waals surface area contributed by atoms with Crippen LogP contribution >= 0.6 is 11.8 Å². The maximum Gasteiger partial charge on any atom is 0.573 e. The lowest BCUT2D eigenvalue weighted by atomic mass is 10.00. The van der Waals surface area contributed by atoms with Gasteiger partial charge in [-0.05, 0) is 59.9 Å². The number of aromatic nitrogens is 3. The molecule has 3 aromatic carbocycles. The van der Waals surface area contributed by atoms with E-state index in [2.05, 4.69) is 49.9 Å². The van der Waals surface area contributed by atoms with Crippen LogP contribution in [-0.2, 0) is 0 Å². The van der Waals surface area contributed by atoms with Crippen LogP contribution in [0.15, 0.2) is 84.2 Å². The highest BCUT2D eigenvalue weighted by molar-refractivity contribution is 8.14. The van der Waals surface area contributed by atoms with Gasteiger partial charge in [0, 0.05) is 35.8 Å². The van der Waals surface area contributed by atoms with E-state index in [1.54, 1.807) is 25.1 Å². The summed E-state index contributed by atoms with van der Waals surface area (Å²) in [5.41, 5.74) is 5.31. The average molecular weight is 639 g/mol. The lowest BCUT2D eigenvalue weighted by Crippen LogP contribution is -2.29. The fraction of sp³-hybridized carbons (Fsp3) is 0.281. The first-order chi connectivity index (χ1) is 21.5. The van der Waals surface area contributed by atoms with Crippen molar-refractivity contribution in [3.05, 3.63) is 90.4 Å². The van der Waals surface area contributed by atoms with Gasteiger partial charge in [-0.25, -0.2) is 14.7 Å². The van der Waals surface area contributed by atoms with Gasteiger partial charge in [-0.1, -0.05) is 55.9 Å². The van der Waals surface area contributed by atoms with Gasteiger partial charge in [0.05, 0.1) is 12.8 Å². The summed E-state index contributed by atoms with van der Waals surface area (Å²) in [5, 5.41) is 18.9. The molecular weight excluding hydrogens is 605 g/mol. The van der Waals surface area contributed by atoms with Crippen LogP contribution in [0.5, 0.6) is 11.5 Å². The Kier molecular flexibility index (Phi) is 9.68. The number of methoxy groups -OCH3 is 1. The molecule has 5 rings (SSSR count). The van der Waals surface area contributed by atoms with Crippen LogP contribution in [-0.4, -0.2) is 57.2 Å². The predicted molar refractivity (Wildman–Crippen MR) is 171 cm³/mol. The van der Waals surface area contributed by atoms with Crippen LogP contribution in [0.4, 0.5) is 18.9 Å². The van der Waals surface area contributed by atoms with Crippen LogP contribution in [0.1, 0.15) is 37.8 Å². The van der Waals surface area contributed by atoms with Crippen LogP contribution in [0.25, 0.3) is 22.6 Å². The quantitative estimate of drug-likeness (QED) is 0.183. The van der Waals surface area contributed by atoms with Crippen molar-refractivity contribution in [2.45, 2.75) is 39.4 Å². The fourth-order valence-corrected chi connectivity index (χ4v) is 5.71. The van der Waals surface area contributed by atoms with Crippen LogP contribution in [0.2, 0.25) is 0 Å². The van der Waals surface area contributed by atoms with Crippen LogP contribution in [0.3, 0.4) is 0 Å². The van der Waals surface area contributed by atoms with Gasteiger partial charge in [0.1, 0.15) is 17.8 Å². The van der Waals surface area contributed by atoms with Crippen molar-refractivity contribution in [2.24, 2.45) is 4.99 Å². The number of aliphatic hydroxyl groups is 1. The number of alkyl halides is 3. The lowest BCUT2D eigenvalue weighted by molar-refractivity contribution is -0.274. The molecule has 236 valence electrons. The van der Waals surface area contributed by atoms with Crippen molar-refractivity contribution in [3.63, 3.8) is 0 Å². The summed E-state index contributed by atoms with van der Waals surface area (Å²) in [6, 6.07) is 19.0. The minimum atomic E-state index is -4.75. The Hall–Kier alpha value is -4.49. The Morgan fingerprint density at radius 1 is 1.07 bits per heavy atom. The number of hydrogen-bond acceptors (Lipinski definition) is 8. The Morgan fingerprint density at radius 3 is 2.44 bits per heavy atom. The first-order valence-electron chi connectivity index (χ1n) is 14.2. The third kappa shape index (κ3) is 7.97.